The van der Waals surface area contributed by atoms with Gasteiger partial charge in [-0.3, -0.25) is 23.9 Å². The third-order valence-electron chi connectivity index (χ3n) is 9.96. The fraction of sp³-hybridized carbons (Fsp3) is 0.361. The maximum atomic E-state index is 13.8. The number of aromatic nitrogens is 2. The number of carbonyl (C=O) groups excluding carboxylic acids is 2. The summed E-state index contributed by atoms with van der Waals surface area (Å²) in [4.78, 5) is 42.7. The number of pyridine rings is 1. The molecule has 0 radical (unpaired) electrons. The van der Waals surface area contributed by atoms with E-state index >= 15 is 0 Å². The van der Waals surface area contributed by atoms with Crippen LogP contribution >= 0.6 is 0 Å². The number of fused-ring (bicyclic) bond motifs is 3. The highest BCUT2D eigenvalue weighted by Crippen LogP contribution is 2.41. The first-order chi connectivity index (χ1) is 23.0. The van der Waals surface area contributed by atoms with Crippen molar-refractivity contribution in [1.82, 2.24) is 24.1 Å². The summed E-state index contributed by atoms with van der Waals surface area (Å²) in [7, 11) is 1.60. The van der Waals surface area contributed by atoms with E-state index in [4.69, 9.17) is 14.5 Å². The van der Waals surface area contributed by atoms with E-state index in [-0.39, 0.29) is 24.0 Å². The van der Waals surface area contributed by atoms with E-state index in [1.807, 2.05) is 63.0 Å². The predicted molar refractivity (Wildman–Crippen MR) is 175 cm³/mol. The minimum Gasteiger partial charge on any atom is -0.493 e. The van der Waals surface area contributed by atoms with Gasteiger partial charge in [-0.2, -0.15) is 5.26 Å². The Morgan fingerprint density at radius 3 is 2.57 bits per heavy atom. The van der Waals surface area contributed by atoms with E-state index < -0.39 is 0 Å². The normalized spacial score (nSPS) is 22.3. The van der Waals surface area contributed by atoms with Crippen LogP contribution < -0.4 is 9.47 Å². The third kappa shape index (κ3) is 5.19. The van der Waals surface area contributed by atoms with Gasteiger partial charge in [0, 0.05) is 75.6 Å². The Morgan fingerprint density at radius 2 is 1.81 bits per heavy atom. The summed E-state index contributed by atoms with van der Waals surface area (Å²) in [6.07, 6.45) is 7.54. The van der Waals surface area contributed by atoms with E-state index in [9.17, 15) is 14.9 Å². The quantitative estimate of drug-likeness (QED) is 0.307. The average Bonchev–Trinajstić information content (AvgIpc) is 3.70. The fourth-order valence-electron chi connectivity index (χ4n) is 7.24. The van der Waals surface area contributed by atoms with Crippen LogP contribution in [0.25, 0.3) is 16.9 Å². The number of aliphatic imine (C=N–C) groups is 1. The highest BCUT2D eigenvalue weighted by Gasteiger charge is 2.39. The smallest absolute Gasteiger partial charge is 0.274 e. The molecular weight excluding hydrogens is 594 g/mol. The van der Waals surface area contributed by atoms with Gasteiger partial charge >= 0.3 is 0 Å². The summed E-state index contributed by atoms with van der Waals surface area (Å²) >= 11 is 0. The van der Waals surface area contributed by atoms with Crippen molar-refractivity contribution in [2.75, 3.05) is 39.8 Å². The number of hydrogen-bond acceptors (Lipinski definition) is 8. The molecule has 11 heteroatoms. The van der Waals surface area contributed by atoms with Crippen LogP contribution in [0.3, 0.4) is 0 Å². The second-order valence-corrected chi connectivity index (χ2v) is 12.6. The number of rotatable bonds is 6. The largest absolute Gasteiger partial charge is 0.493 e. The molecule has 47 heavy (non-hydrogen) atoms. The Hall–Kier alpha value is -5.21. The highest BCUT2D eigenvalue weighted by molar-refractivity contribution is 6.03. The zero-order valence-corrected chi connectivity index (χ0v) is 26.2. The van der Waals surface area contributed by atoms with Crippen molar-refractivity contribution in [3.05, 3.63) is 77.6 Å². The van der Waals surface area contributed by atoms with Crippen LogP contribution in [-0.4, -0.2) is 100 Å². The number of nitriles is 1. The van der Waals surface area contributed by atoms with Gasteiger partial charge in [0.1, 0.15) is 11.9 Å². The van der Waals surface area contributed by atoms with E-state index in [1.165, 1.54) is 0 Å². The molecule has 238 valence electrons. The molecule has 4 aromatic rings. The maximum Gasteiger partial charge on any atom is 0.274 e. The Bertz CT molecular complexity index is 1930. The van der Waals surface area contributed by atoms with Crippen molar-refractivity contribution in [1.29, 1.82) is 5.26 Å². The van der Waals surface area contributed by atoms with Crippen molar-refractivity contribution in [3.63, 3.8) is 0 Å². The lowest BCUT2D eigenvalue weighted by atomic mass is 9.87. The number of benzene rings is 2. The van der Waals surface area contributed by atoms with E-state index in [0.717, 1.165) is 56.4 Å². The molecule has 2 saturated heterocycles. The molecule has 1 aliphatic carbocycles. The Kier molecular flexibility index (Phi) is 7.37. The van der Waals surface area contributed by atoms with Gasteiger partial charge in [-0.15, -0.1) is 0 Å². The van der Waals surface area contributed by atoms with Gasteiger partial charge < -0.3 is 19.3 Å². The maximum absolute atomic E-state index is 13.8. The highest BCUT2D eigenvalue weighted by atomic mass is 16.5. The molecule has 3 fully saturated rings. The van der Waals surface area contributed by atoms with Crippen LogP contribution in [0.2, 0.25) is 0 Å². The van der Waals surface area contributed by atoms with Crippen molar-refractivity contribution >= 4 is 29.2 Å². The molecule has 4 aliphatic rings. The minimum atomic E-state index is -0.0695. The Morgan fingerprint density at radius 1 is 1.00 bits per heavy atom. The van der Waals surface area contributed by atoms with Crippen molar-refractivity contribution in [2.45, 2.75) is 43.9 Å². The third-order valence-corrected chi connectivity index (χ3v) is 9.96. The fourth-order valence-corrected chi connectivity index (χ4v) is 7.24. The number of hydrogen-bond donors (Lipinski definition) is 0. The molecule has 5 heterocycles. The molecule has 1 atom stereocenters. The number of methoxy groups -OCH3 is 1. The van der Waals surface area contributed by atoms with Crippen molar-refractivity contribution in [3.8, 4) is 29.0 Å². The number of nitrogens with zero attached hydrogens (tertiary/aromatic N) is 7. The summed E-state index contributed by atoms with van der Waals surface area (Å²) < 4.78 is 14.0. The number of piperazine rings is 1. The molecule has 0 N–H and O–H groups in total. The van der Waals surface area contributed by atoms with Crippen molar-refractivity contribution in [2.24, 2.45) is 4.99 Å². The summed E-state index contributed by atoms with van der Waals surface area (Å²) in [6, 6.07) is 19.2. The lowest BCUT2D eigenvalue weighted by Crippen LogP contribution is -2.57. The first-order valence-corrected chi connectivity index (χ1v) is 16.3. The van der Waals surface area contributed by atoms with Gasteiger partial charge in [0.05, 0.1) is 41.6 Å². The van der Waals surface area contributed by atoms with E-state index in [1.54, 1.807) is 25.3 Å². The average molecular weight is 630 g/mol. The zero-order valence-electron chi connectivity index (χ0n) is 26.2. The lowest BCUT2D eigenvalue weighted by Gasteiger charge is -2.46. The Labute approximate surface area is 272 Å². The van der Waals surface area contributed by atoms with Crippen LogP contribution in [0.4, 0.5) is 5.69 Å². The molecule has 0 bridgehead atoms. The Balaban J connectivity index is 0.901. The standard InChI is InChI=1S/C36H35N7O4/c1-46-31-19-28-29(38-22-25-5-4-12-42(25)35(28)44)20-32(31)47-27-17-26(18-27)40-13-15-41(16-14-40)36(45)33-30-6-2-3-11-43(30)34(39-33)24-9-7-23(21-37)8-10-24/h2-3,6-11,19-20,22,25-27H,4-5,12-18H2,1H3/t25-,26?,27?/m0/s1. The summed E-state index contributed by atoms with van der Waals surface area (Å²) in [6.45, 7) is 3.58. The number of carbonyl (C=O) groups is 2. The molecule has 2 aromatic heterocycles. The molecule has 11 nitrogen and oxygen atoms in total. The lowest BCUT2D eigenvalue weighted by molar-refractivity contribution is -0.00481. The number of ether oxygens (including phenoxy) is 2. The van der Waals surface area contributed by atoms with Gasteiger partial charge in [-0.05, 0) is 55.3 Å². The van der Waals surface area contributed by atoms with Crippen LogP contribution in [0.1, 0.15) is 52.1 Å². The number of amides is 2. The van der Waals surface area contributed by atoms with Crippen LogP contribution in [0, 0.1) is 11.3 Å². The predicted octanol–water partition coefficient (Wildman–Crippen LogP) is 4.57. The van der Waals surface area contributed by atoms with Crippen LogP contribution in [-0.2, 0) is 0 Å². The van der Waals surface area contributed by atoms with Crippen LogP contribution in [0.15, 0.2) is 65.8 Å². The summed E-state index contributed by atoms with van der Waals surface area (Å²) in [5.41, 5.74) is 3.82. The van der Waals surface area contributed by atoms with E-state index in [2.05, 4.69) is 16.0 Å². The monoisotopic (exact) mass is 629 g/mol. The van der Waals surface area contributed by atoms with Gasteiger partial charge in [-0.1, -0.05) is 6.07 Å². The van der Waals surface area contributed by atoms with Crippen molar-refractivity contribution < 1.29 is 19.1 Å². The molecular formula is C36H35N7O4. The molecule has 0 spiro atoms. The van der Waals surface area contributed by atoms with Crippen LogP contribution in [0.5, 0.6) is 11.5 Å². The first kappa shape index (κ1) is 29.2. The summed E-state index contributed by atoms with van der Waals surface area (Å²) in [5.74, 6) is 1.77. The summed E-state index contributed by atoms with van der Waals surface area (Å²) in [5, 5.41) is 9.18. The zero-order chi connectivity index (χ0) is 32.1. The molecule has 1 saturated carbocycles. The first-order valence-electron chi connectivity index (χ1n) is 16.3. The van der Waals surface area contributed by atoms with Gasteiger partial charge in [0.2, 0.25) is 0 Å². The molecule has 0 unspecified atom stereocenters. The van der Waals surface area contributed by atoms with E-state index in [0.29, 0.717) is 59.0 Å². The van der Waals surface area contributed by atoms with Gasteiger partial charge in [0.25, 0.3) is 11.8 Å². The molecule has 3 aliphatic heterocycles. The second kappa shape index (κ2) is 11.9. The van der Waals surface area contributed by atoms with Gasteiger partial charge in [-0.25, -0.2) is 4.98 Å². The topological polar surface area (TPSA) is 116 Å². The second-order valence-electron chi connectivity index (χ2n) is 12.6. The SMILES string of the molecule is COc1cc2c(cc1OC1CC(N3CCN(C(=O)c4nc(-c5ccc(C#N)cc5)n5ccccc45)CC3)C1)N=C[C@@H]1CCCN1C2=O. The minimum absolute atomic E-state index is 0.000903. The molecule has 2 amide bonds. The van der Waals surface area contributed by atoms with Gasteiger partial charge in [0.15, 0.2) is 17.2 Å². The number of imidazole rings is 1. The molecule has 8 rings (SSSR count). The molecule has 2 aromatic carbocycles.